The van der Waals surface area contributed by atoms with Crippen LogP contribution in [-0.4, -0.2) is 25.5 Å². The fourth-order valence-electron chi connectivity index (χ4n) is 2.79. The van der Waals surface area contributed by atoms with Crippen LogP contribution < -0.4 is 10.1 Å². The number of aromatic nitrogens is 4. The quantitative estimate of drug-likeness (QED) is 0.555. The molecular weight excluding hydrogens is 378 g/mol. The molecule has 8 heteroatoms. The van der Waals surface area contributed by atoms with Crippen LogP contribution >= 0.6 is 11.6 Å². The first-order valence-corrected chi connectivity index (χ1v) is 8.93. The van der Waals surface area contributed by atoms with E-state index in [0.717, 1.165) is 5.69 Å². The zero-order valence-corrected chi connectivity index (χ0v) is 15.7. The Morgan fingerprint density at radius 2 is 2.04 bits per heavy atom. The molecule has 0 fully saturated rings. The number of hydrogen-bond donors (Lipinski definition) is 1. The summed E-state index contributed by atoms with van der Waals surface area (Å²) in [5.74, 6) is 0.212. The number of pyridine rings is 1. The molecule has 140 valence electrons. The minimum atomic E-state index is -0.301. The minimum Gasteiger partial charge on any atom is -0.486 e. The van der Waals surface area contributed by atoms with Crippen molar-refractivity contribution in [3.05, 3.63) is 83.0 Å². The third-order valence-corrected chi connectivity index (χ3v) is 4.38. The highest BCUT2D eigenvalue weighted by Gasteiger charge is 2.18. The average Bonchev–Trinajstić information content (AvgIpc) is 3.04. The van der Waals surface area contributed by atoms with Gasteiger partial charge in [0.05, 0.1) is 16.4 Å². The van der Waals surface area contributed by atoms with E-state index in [4.69, 9.17) is 16.3 Å². The lowest BCUT2D eigenvalue weighted by molar-refractivity contribution is 0.102. The lowest BCUT2D eigenvalue weighted by Crippen LogP contribution is -2.13. The molecule has 1 aromatic carbocycles. The van der Waals surface area contributed by atoms with Crippen molar-refractivity contribution in [1.82, 2.24) is 19.6 Å². The van der Waals surface area contributed by atoms with Gasteiger partial charge in [-0.25, -0.2) is 9.50 Å². The van der Waals surface area contributed by atoms with Gasteiger partial charge in [0.25, 0.3) is 5.91 Å². The molecule has 7 nitrogen and oxygen atoms in total. The largest absolute Gasteiger partial charge is 0.486 e. The molecule has 0 saturated carbocycles. The van der Waals surface area contributed by atoms with Crippen molar-refractivity contribution in [1.29, 1.82) is 0 Å². The molecular formula is C20H16ClN5O2. The molecule has 0 unspecified atom stereocenters. The van der Waals surface area contributed by atoms with Gasteiger partial charge in [0.15, 0.2) is 5.65 Å². The lowest BCUT2D eigenvalue weighted by Gasteiger charge is -2.10. The minimum absolute atomic E-state index is 0.301. The van der Waals surface area contributed by atoms with Crippen molar-refractivity contribution in [2.75, 3.05) is 5.32 Å². The molecule has 0 radical (unpaired) electrons. The van der Waals surface area contributed by atoms with E-state index in [9.17, 15) is 4.79 Å². The SMILES string of the molecule is Cc1nn2cccnc2c1C(=O)Nc1ccc(OCc2ccccn2)c(Cl)c1. The van der Waals surface area contributed by atoms with Crippen molar-refractivity contribution in [3.63, 3.8) is 0 Å². The maximum atomic E-state index is 12.7. The van der Waals surface area contributed by atoms with E-state index in [0.29, 0.717) is 40.0 Å². The van der Waals surface area contributed by atoms with Crippen molar-refractivity contribution in [2.24, 2.45) is 0 Å². The summed E-state index contributed by atoms with van der Waals surface area (Å²) in [7, 11) is 0. The molecule has 28 heavy (non-hydrogen) atoms. The summed E-state index contributed by atoms with van der Waals surface area (Å²) in [6.07, 6.45) is 5.07. The van der Waals surface area contributed by atoms with Gasteiger partial charge in [-0.2, -0.15) is 5.10 Å². The maximum Gasteiger partial charge on any atom is 0.261 e. The van der Waals surface area contributed by atoms with Gasteiger partial charge >= 0.3 is 0 Å². The molecule has 0 aliphatic heterocycles. The Kier molecular flexibility index (Phi) is 4.90. The predicted molar refractivity (Wildman–Crippen MR) is 106 cm³/mol. The lowest BCUT2D eigenvalue weighted by atomic mass is 10.2. The van der Waals surface area contributed by atoms with Gasteiger partial charge in [0.2, 0.25) is 0 Å². The van der Waals surface area contributed by atoms with E-state index < -0.39 is 0 Å². The Hall–Kier alpha value is -3.45. The highest BCUT2D eigenvalue weighted by Crippen LogP contribution is 2.29. The van der Waals surface area contributed by atoms with Crippen LogP contribution in [0.1, 0.15) is 21.7 Å². The molecule has 0 spiro atoms. The Balaban J connectivity index is 1.50. The average molecular weight is 394 g/mol. The topological polar surface area (TPSA) is 81.4 Å². The van der Waals surface area contributed by atoms with Crippen molar-refractivity contribution in [2.45, 2.75) is 13.5 Å². The highest BCUT2D eigenvalue weighted by molar-refractivity contribution is 6.32. The second-order valence-electron chi connectivity index (χ2n) is 6.06. The first-order valence-electron chi connectivity index (χ1n) is 8.55. The number of ether oxygens (including phenoxy) is 1. The van der Waals surface area contributed by atoms with E-state index in [1.807, 2.05) is 18.2 Å². The van der Waals surface area contributed by atoms with Crippen LogP contribution in [0.4, 0.5) is 5.69 Å². The fraction of sp³-hybridized carbons (Fsp3) is 0.100. The Morgan fingerprint density at radius 3 is 2.82 bits per heavy atom. The molecule has 0 bridgehead atoms. The summed E-state index contributed by atoms with van der Waals surface area (Å²) < 4.78 is 7.28. The van der Waals surface area contributed by atoms with Crippen LogP contribution in [0.15, 0.2) is 61.1 Å². The predicted octanol–water partition coefficient (Wildman–Crippen LogP) is 3.92. The number of nitrogens with zero attached hydrogens (tertiary/aromatic N) is 4. The van der Waals surface area contributed by atoms with Crippen molar-refractivity contribution in [3.8, 4) is 5.75 Å². The molecule has 0 atom stereocenters. The first-order chi connectivity index (χ1) is 13.6. The number of halogens is 1. The van der Waals surface area contributed by atoms with Gasteiger partial charge < -0.3 is 10.1 Å². The van der Waals surface area contributed by atoms with E-state index in [1.165, 1.54) is 0 Å². The van der Waals surface area contributed by atoms with Crippen LogP contribution in [-0.2, 0) is 6.61 Å². The standard InChI is InChI=1S/C20H16ClN5O2/c1-13-18(19-23-9-4-10-26(19)25-13)20(27)24-14-6-7-17(16(21)11-14)28-12-15-5-2-3-8-22-15/h2-11H,12H2,1H3,(H,24,27). The molecule has 0 aliphatic carbocycles. The molecule has 1 N–H and O–H groups in total. The first kappa shape index (κ1) is 17.9. The zero-order chi connectivity index (χ0) is 19.5. The van der Waals surface area contributed by atoms with Crippen LogP contribution in [0.2, 0.25) is 5.02 Å². The number of nitrogens with one attached hydrogen (secondary N) is 1. The van der Waals surface area contributed by atoms with Gasteiger partial charge in [-0.05, 0) is 43.3 Å². The van der Waals surface area contributed by atoms with Crippen LogP contribution in [0, 0.1) is 6.92 Å². The van der Waals surface area contributed by atoms with Gasteiger partial charge in [-0.1, -0.05) is 17.7 Å². The maximum absolute atomic E-state index is 12.7. The third kappa shape index (κ3) is 3.65. The zero-order valence-electron chi connectivity index (χ0n) is 15.0. The second kappa shape index (κ2) is 7.66. The van der Waals surface area contributed by atoms with E-state index in [1.54, 1.807) is 54.3 Å². The van der Waals surface area contributed by atoms with Gasteiger partial charge in [0, 0.05) is 24.3 Å². The Morgan fingerprint density at radius 1 is 1.18 bits per heavy atom. The third-order valence-electron chi connectivity index (χ3n) is 4.09. The number of hydrogen-bond acceptors (Lipinski definition) is 5. The summed E-state index contributed by atoms with van der Waals surface area (Å²) in [5.41, 5.74) is 2.87. The Bertz CT molecular complexity index is 1140. The molecule has 3 heterocycles. The molecule has 0 saturated heterocycles. The summed E-state index contributed by atoms with van der Waals surface area (Å²) in [6, 6.07) is 12.4. The number of rotatable bonds is 5. The van der Waals surface area contributed by atoms with E-state index in [-0.39, 0.29) is 5.91 Å². The fourth-order valence-corrected chi connectivity index (χ4v) is 3.02. The summed E-state index contributed by atoms with van der Waals surface area (Å²) in [5, 5.41) is 7.53. The van der Waals surface area contributed by atoms with Crippen LogP contribution in [0.25, 0.3) is 5.65 Å². The Labute approximate surface area is 166 Å². The normalized spacial score (nSPS) is 10.8. The van der Waals surface area contributed by atoms with E-state index >= 15 is 0 Å². The van der Waals surface area contributed by atoms with Gasteiger partial charge in [0.1, 0.15) is 17.9 Å². The molecule has 3 aromatic heterocycles. The number of fused-ring (bicyclic) bond motifs is 1. The van der Waals surface area contributed by atoms with E-state index in [2.05, 4.69) is 20.4 Å². The molecule has 0 aliphatic rings. The summed E-state index contributed by atoms with van der Waals surface area (Å²) >= 11 is 6.30. The van der Waals surface area contributed by atoms with Gasteiger partial charge in [-0.15, -0.1) is 0 Å². The number of carbonyl (C=O) groups is 1. The van der Waals surface area contributed by atoms with Crippen LogP contribution in [0.3, 0.4) is 0 Å². The number of carbonyl (C=O) groups excluding carboxylic acids is 1. The monoisotopic (exact) mass is 393 g/mol. The molecule has 4 rings (SSSR count). The number of amides is 1. The molecule has 1 amide bonds. The second-order valence-corrected chi connectivity index (χ2v) is 6.46. The number of aryl methyl sites for hydroxylation is 1. The number of anilines is 1. The molecule has 4 aromatic rings. The smallest absolute Gasteiger partial charge is 0.261 e. The van der Waals surface area contributed by atoms with Crippen molar-refractivity contribution >= 4 is 28.8 Å². The van der Waals surface area contributed by atoms with Gasteiger partial charge in [-0.3, -0.25) is 9.78 Å². The highest BCUT2D eigenvalue weighted by atomic mass is 35.5. The summed E-state index contributed by atoms with van der Waals surface area (Å²) in [4.78, 5) is 21.2. The number of benzene rings is 1. The van der Waals surface area contributed by atoms with Crippen molar-refractivity contribution < 1.29 is 9.53 Å². The summed E-state index contributed by atoms with van der Waals surface area (Å²) in [6.45, 7) is 2.07. The van der Waals surface area contributed by atoms with Crippen LogP contribution in [0.5, 0.6) is 5.75 Å².